The van der Waals surface area contributed by atoms with E-state index in [2.05, 4.69) is 118 Å². The van der Waals surface area contributed by atoms with Gasteiger partial charge in [0.1, 0.15) is 0 Å². The van der Waals surface area contributed by atoms with Gasteiger partial charge in [-0.15, -0.1) is 0 Å². The van der Waals surface area contributed by atoms with Gasteiger partial charge in [0.15, 0.2) is 0 Å². The molecule has 0 radical (unpaired) electrons. The Morgan fingerprint density at radius 1 is 0.448 bits per heavy atom. The van der Waals surface area contributed by atoms with Crippen LogP contribution in [0, 0.1) is 20.8 Å². The SMILES string of the molecule is Cc1ccccc1[As](c1ccccc1C)c1ccccc1C.[AsH2]c1ccccc1. The van der Waals surface area contributed by atoms with E-state index >= 15 is 0 Å². The van der Waals surface area contributed by atoms with Gasteiger partial charge in [-0.3, -0.25) is 0 Å². The van der Waals surface area contributed by atoms with Crippen molar-refractivity contribution < 1.29 is 0 Å². The molecule has 0 amide bonds. The van der Waals surface area contributed by atoms with Gasteiger partial charge in [-0.25, -0.2) is 0 Å². The molecule has 0 N–H and O–H groups in total. The fraction of sp³-hybridized carbons (Fsp3) is 0.111. The summed E-state index contributed by atoms with van der Waals surface area (Å²) in [4.78, 5) is 0. The van der Waals surface area contributed by atoms with Gasteiger partial charge in [-0.05, 0) is 0 Å². The Bertz CT molecular complexity index is 946. The zero-order chi connectivity index (χ0) is 20.6. The molecule has 0 aromatic heterocycles. The molecule has 0 nitrogen and oxygen atoms in total. The second-order valence-corrected chi connectivity index (χ2v) is 12.9. The number of hydrogen-bond donors (Lipinski definition) is 0. The summed E-state index contributed by atoms with van der Waals surface area (Å²) in [5.74, 6) is 0. The molecule has 1 unspecified atom stereocenters. The minimum absolute atomic E-state index is 1.38. The molecule has 4 aromatic rings. The molecular formula is C27H28As2. The Balaban J connectivity index is 0.000000290. The summed E-state index contributed by atoms with van der Waals surface area (Å²) < 4.78 is 6.01. The molecule has 0 heterocycles. The van der Waals surface area contributed by atoms with Gasteiger partial charge in [0.25, 0.3) is 0 Å². The molecule has 2 heteroatoms. The van der Waals surface area contributed by atoms with Gasteiger partial charge >= 0.3 is 189 Å². The van der Waals surface area contributed by atoms with Crippen molar-refractivity contribution in [1.82, 2.24) is 0 Å². The third-order valence-corrected chi connectivity index (χ3v) is 11.9. The molecule has 0 saturated carbocycles. The van der Waals surface area contributed by atoms with Gasteiger partial charge in [-0.2, -0.15) is 0 Å². The third kappa shape index (κ3) is 5.76. The fourth-order valence-corrected chi connectivity index (χ4v) is 9.55. The summed E-state index contributed by atoms with van der Waals surface area (Å²) in [7, 11) is 0. The molecule has 1 atom stereocenters. The van der Waals surface area contributed by atoms with E-state index in [1.54, 1.807) is 29.9 Å². The Morgan fingerprint density at radius 3 is 1.03 bits per heavy atom. The first kappa shape index (κ1) is 21.7. The van der Waals surface area contributed by atoms with E-state index in [-0.39, 0.29) is 0 Å². The van der Waals surface area contributed by atoms with E-state index < -0.39 is 14.7 Å². The van der Waals surface area contributed by atoms with Crippen molar-refractivity contribution >= 4 is 48.9 Å². The van der Waals surface area contributed by atoms with Crippen LogP contribution in [0.4, 0.5) is 0 Å². The van der Waals surface area contributed by atoms with E-state index in [1.165, 1.54) is 21.0 Å². The second-order valence-electron chi connectivity index (χ2n) is 7.11. The number of aryl methyl sites for hydroxylation is 3. The number of hydrogen-bond acceptors (Lipinski definition) is 0. The van der Waals surface area contributed by atoms with Crippen molar-refractivity contribution in [2.45, 2.75) is 20.8 Å². The van der Waals surface area contributed by atoms with Crippen molar-refractivity contribution in [2.75, 3.05) is 0 Å². The molecule has 0 fully saturated rings. The van der Waals surface area contributed by atoms with Gasteiger partial charge in [0, 0.05) is 0 Å². The summed E-state index contributed by atoms with van der Waals surface area (Å²) in [5.41, 5.74) is 4.23. The second kappa shape index (κ2) is 10.7. The van der Waals surface area contributed by atoms with Gasteiger partial charge in [-0.1, -0.05) is 0 Å². The predicted octanol–water partition coefficient (Wildman–Crippen LogP) is 3.07. The molecule has 146 valence electrons. The summed E-state index contributed by atoms with van der Waals surface area (Å²) in [6.07, 6.45) is 0. The summed E-state index contributed by atoms with van der Waals surface area (Å²) in [6.45, 7) is 6.73. The van der Waals surface area contributed by atoms with Crippen LogP contribution in [-0.4, -0.2) is 31.5 Å². The molecule has 29 heavy (non-hydrogen) atoms. The summed E-state index contributed by atoms with van der Waals surface area (Å²) >= 11 is 0.161. The van der Waals surface area contributed by atoms with Crippen molar-refractivity contribution in [2.24, 2.45) is 0 Å². The molecule has 4 rings (SSSR count). The maximum absolute atomic E-state index is 2.33. The first-order valence-corrected chi connectivity index (χ1v) is 13.9. The summed E-state index contributed by atoms with van der Waals surface area (Å²) in [6, 6.07) is 37.0. The third-order valence-electron chi connectivity index (χ3n) is 4.87. The molecule has 0 saturated heterocycles. The van der Waals surface area contributed by atoms with Crippen molar-refractivity contribution in [1.29, 1.82) is 0 Å². The van der Waals surface area contributed by atoms with Crippen LogP contribution in [0.5, 0.6) is 0 Å². The standard InChI is InChI=1S/C21H21As.C6H7As/c1-16-10-4-7-13-19(16)22(20-14-8-5-11-17(20)2)21-15-9-6-12-18(21)3;7-6-4-2-1-3-5-6/h4-15H,1-3H3;1-5H,7H2. The molecular weight excluding hydrogens is 474 g/mol. The van der Waals surface area contributed by atoms with Gasteiger partial charge < -0.3 is 0 Å². The number of benzene rings is 4. The average molecular weight is 502 g/mol. The monoisotopic (exact) mass is 502 g/mol. The van der Waals surface area contributed by atoms with Crippen molar-refractivity contribution in [3.8, 4) is 0 Å². The van der Waals surface area contributed by atoms with Crippen LogP contribution in [0.2, 0.25) is 0 Å². The average Bonchev–Trinajstić information content (AvgIpc) is 2.73. The van der Waals surface area contributed by atoms with Crippen LogP contribution in [0.3, 0.4) is 0 Å². The fourth-order valence-electron chi connectivity index (χ4n) is 3.29. The summed E-state index contributed by atoms with van der Waals surface area (Å²) in [5, 5.41) is 0. The Hall–Kier alpha value is -2.00. The minimum atomic E-state index is -1.51. The Morgan fingerprint density at radius 2 is 0.759 bits per heavy atom. The molecule has 0 bridgehead atoms. The van der Waals surface area contributed by atoms with Crippen LogP contribution in [0.1, 0.15) is 16.7 Å². The van der Waals surface area contributed by atoms with E-state index in [0.29, 0.717) is 0 Å². The van der Waals surface area contributed by atoms with Crippen molar-refractivity contribution in [3.63, 3.8) is 0 Å². The normalized spacial score (nSPS) is 10.4. The van der Waals surface area contributed by atoms with Crippen LogP contribution >= 0.6 is 0 Å². The number of rotatable bonds is 3. The Kier molecular flexibility index (Phi) is 7.99. The molecule has 0 aliphatic heterocycles. The molecule has 0 aliphatic rings. The molecule has 4 aromatic carbocycles. The predicted molar refractivity (Wildman–Crippen MR) is 133 cm³/mol. The van der Waals surface area contributed by atoms with E-state index in [4.69, 9.17) is 0 Å². The first-order valence-electron chi connectivity index (χ1n) is 9.85. The topological polar surface area (TPSA) is 0 Å². The van der Waals surface area contributed by atoms with Gasteiger partial charge in [0.2, 0.25) is 0 Å². The Labute approximate surface area is 188 Å². The van der Waals surface area contributed by atoms with Crippen LogP contribution in [-0.2, 0) is 0 Å². The molecule has 0 spiro atoms. The van der Waals surface area contributed by atoms with Gasteiger partial charge in [0.05, 0.1) is 0 Å². The zero-order valence-electron chi connectivity index (χ0n) is 17.3. The van der Waals surface area contributed by atoms with E-state index in [9.17, 15) is 0 Å². The van der Waals surface area contributed by atoms with Crippen molar-refractivity contribution in [3.05, 3.63) is 120 Å². The quantitative estimate of drug-likeness (QED) is 0.378. The zero-order valence-corrected chi connectivity index (χ0v) is 21.6. The maximum atomic E-state index is 2.33. The van der Waals surface area contributed by atoms with E-state index in [1.807, 2.05) is 6.07 Å². The van der Waals surface area contributed by atoms with Crippen LogP contribution in [0.25, 0.3) is 0 Å². The first-order chi connectivity index (χ1) is 14.1. The van der Waals surface area contributed by atoms with Crippen LogP contribution in [0.15, 0.2) is 103 Å². The molecule has 0 aliphatic carbocycles. The van der Waals surface area contributed by atoms with Crippen LogP contribution < -0.4 is 17.4 Å². The van der Waals surface area contributed by atoms with E-state index in [0.717, 1.165) is 0 Å².